The molecule has 0 spiro atoms. The van der Waals surface area contributed by atoms with Crippen molar-refractivity contribution < 1.29 is 18.3 Å². The molecule has 1 aromatic carbocycles. The molecular weight excluding hydrogens is 495 g/mol. The molecule has 38 heavy (non-hydrogen) atoms. The number of fused-ring (bicyclic) bond motifs is 4. The summed E-state index contributed by atoms with van der Waals surface area (Å²) in [5, 5.41) is 19.2. The lowest BCUT2D eigenvalue weighted by molar-refractivity contribution is -0.137. The maximum Gasteiger partial charge on any atom is 0.416 e. The van der Waals surface area contributed by atoms with Crippen molar-refractivity contribution in [3.63, 3.8) is 0 Å². The van der Waals surface area contributed by atoms with Crippen molar-refractivity contribution in [2.24, 2.45) is 11.8 Å². The van der Waals surface area contributed by atoms with E-state index in [-0.39, 0.29) is 12.0 Å². The number of hydrogen-bond donors (Lipinski definition) is 2. The molecule has 3 aromatic rings. The van der Waals surface area contributed by atoms with Crippen LogP contribution in [0.2, 0.25) is 0 Å². The van der Waals surface area contributed by atoms with Crippen LogP contribution in [-0.2, 0) is 6.18 Å². The first-order valence-electron chi connectivity index (χ1n) is 13.5. The number of alkyl halides is 3. The average Bonchev–Trinajstić information content (AvgIpc) is 3.32. The first-order chi connectivity index (χ1) is 18.1. The van der Waals surface area contributed by atoms with Crippen LogP contribution in [0.1, 0.15) is 45.1 Å². The molecule has 4 fully saturated rings. The third kappa shape index (κ3) is 4.82. The number of nitrogens with one attached hydrogen (secondary N) is 1. The number of rotatable bonds is 5. The van der Waals surface area contributed by atoms with Gasteiger partial charge < -0.3 is 20.2 Å². The first-order valence-corrected chi connectivity index (χ1v) is 13.5. The van der Waals surface area contributed by atoms with Crippen LogP contribution in [0, 0.1) is 11.8 Å². The number of anilines is 2. The molecule has 2 N–H and O–H groups in total. The molecule has 0 amide bonds. The van der Waals surface area contributed by atoms with Crippen molar-refractivity contribution >= 4 is 22.8 Å². The molecule has 7 rings (SSSR count). The molecule has 4 aliphatic heterocycles. The summed E-state index contributed by atoms with van der Waals surface area (Å²) in [5.74, 6) is 1.95. The monoisotopic (exact) mass is 529 g/mol. The zero-order chi connectivity index (χ0) is 26.7. The van der Waals surface area contributed by atoms with Gasteiger partial charge in [0.05, 0.1) is 28.4 Å². The summed E-state index contributed by atoms with van der Waals surface area (Å²) in [4.78, 5) is 14.4. The lowest BCUT2D eigenvalue weighted by Crippen LogP contribution is -2.53. The maximum absolute atomic E-state index is 13.5. The second kappa shape index (κ2) is 9.37. The molecule has 4 aliphatic rings. The highest BCUT2D eigenvalue weighted by Gasteiger charge is 2.36. The van der Waals surface area contributed by atoms with E-state index in [1.165, 1.54) is 10.7 Å². The lowest BCUT2D eigenvalue weighted by Gasteiger charge is -2.45. The smallest absolute Gasteiger partial charge is 0.390 e. The van der Waals surface area contributed by atoms with Gasteiger partial charge in [-0.05, 0) is 82.7 Å². The van der Waals surface area contributed by atoms with E-state index in [1.54, 1.807) is 12.3 Å². The third-order valence-electron chi connectivity index (χ3n) is 8.59. The molecule has 8 nitrogen and oxygen atoms in total. The molecule has 0 saturated carbocycles. The van der Waals surface area contributed by atoms with Gasteiger partial charge in [-0.15, -0.1) is 0 Å². The Balaban J connectivity index is 1.39. The first kappa shape index (κ1) is 25.4. The Morgan fingerprint density at radius 1 is 1.00 bits per heavy atom. The fourth-order valence-corrected chi connectivity index (χ4v) is 6.29. The van der Waals surface area contributed by atoms with Gasteiger partial charge in [0.2, 0.25) is 5.95 Å². The Morgan fingerprint density at radius 3 is 2.37 bits per heavy atom. The van der Waals surface area contributed by atoms with Crippen LogP contribution in [0.25, 0.3) is 16.7 Å². The molecule has 1 atom stereocenters. The largest absolute Gasteiger partial charge is 0.416 e. The van der Waals surface area contributed by atoms with E-state index in [0.717, 1.165) is 76.4 Å². The number of aromatic nitrogens is 4. The molecule has 2 aromatic heterocycles. The van der Waals surface area contributed by atoms with Crippen LogP contribution in [0.3, 0.4) is 0 Å². The normalized spacial score (nSPS) is 24.8. The zero-order valence-electron chi connectivity index (χ0n) is 21.7. The van der Waals surface area contributed by atoms with Gasteiger partial charge in [-0.2, -0.15) is 28.2 Å². The molecule has 2 bridgehead atoms. The van der Waals surface area contributed by atoms with E-state index >= 15 is 0 Å². The highest BCUT2D eigenvalue weighted by Crippen LogP contribution is 2.36. The van der Waals surface area contributed by atoms with Crippen LogP contribution in [0.15, 0.2) is 30.5 Å². The Hall–Kier alpha value is -2.92. The van der Waals surface area contributed by atoms with Gasteiger partial charge in [-0.25, -0.2) is 4.68 Å². The summed E-state index contributed by atoms with van der Waals surface area (Å²) in [6.45, 7) is 8.31. The van der Waals surface area contributed by atoms with Gasteiger partial charge in [0.15, 0.2) is 5.65 Å². The molecule has 6 heterocycles. The Morgan fingerprint density at radius 2 is 1.74 bits per heavy atom. The van der Waals surface area contributed by atoms with E-state index < -0.39 is 17.3 Å². The van der Waals surface area contributed by atoms with Crippen LogP contribution in [0.5, 0.6) is 0 Å². The van der Waals surface area contributed by atoms with Crippen molar-refractivity contribution in [1.82, 2.24) is 24.6 Å². The number of aliphatic hydroxyl groups is 1. The molecular formula is C27H34F3N7O. The summed E-state index contributed by atoms with van der Waals surface area (Å²) in [6, 6.07) is 5.39. The summed E-state index contributed by atoms with van der Waals surface area (Å²) in [5.41, 5.74) is -0.701. The number of halogens is 3. The molecule has 204 valence electrons. The van der Waals surface area contributed by atoms with E-state index in [2.05, 4.69) is 20.2 Å². The van der Waals surface area contributed by atoms with E-state index in [4.69, 9.17) is 9.97 Å². The molecule has 11 heteroatoms. The number of hydrogen-bond acceptors (Lipinski definition) is 7. The quantitative estimate of drug-likeness (QED) is 0.509. The molecule has 0 aliphatic carbocycles. The van der Waals surface area contributed by atoms with Crippen molar-refractivity contribution in [2.45, 2.75) is 57.3 Å². The molecule has 0 unspecified atom stereocenters. The number of piperidine rings is 4. The molecule has 0 radical (unpaired) electrons. The minimum atomic E-state index is -4.45. The van der Waals surface area contributed by atoms with E-state index in [9.17, 15) is 18.3 Å². The van der Waals surface area contributed by atoms with Crippen LogP contribution in [-0.4, -0.2) is 74.1 Å². The fourth-order valence-electron chi connectivity index (χ4n) is 6.29. The SMILES string of the molecule is CC(C)(O)C1CCN(c2nc(N[C@@H]3CN4CCC3CC4)nc3c2cnn3-c2cccc(C(F)(F)F)c2)CC1. The zero-order valence-corrected chi connectivity index (χ0v) is 21.7. The minimum Gasteiger partial charge on any atom is -0.390 e. The van der Waals surface area contributed by atoms with Crippen molar-refractivity contribution in [3.05, 3.63) is 36.0 Å². The van der Waals surface area contributed by atoms with Crippen LogP contribution >= 0.6 is 0 Å². The predicted molar refractivity (Wildman–Crippen MR) is 139 cm³/mol. The van der Waals surface area contributed by atoms with Gasteiger partial charge in [-0.1, -0.05) is 6.07 Å². The Kier molecular flexibility index (Phi) is 6.26. The van der Waals surface area contributed by atoms with Gasteiger partial charge >= 0.3 is 6.18 Å². The third-order valence-corrected chi connectivity index (χ3v) is 8.59. The highest BCUT2D eigenvalue weighted by atomic mass is 19.4. The molecule has 4 saturated heterocycles. The Labute approximate surface area is 219 Å². The van der Waals surface area contributed by atoms with Crippen molar-refractivity contribution in [2.75, 3.05) is 42.9 Å². The van der Waals surface area contributed by atoms with E-state index in [0.29, 0.717) is 28.6 Å². The Bertz CT molecular complexity index is 1300. The predicted octanol–water partition coefficient (Wildman–Crippen LogP) is 4.33. The number of nitrogens with zero attached hydrogens (tertiary/aromatic N) is 6. The van der Waals surface area contributed by atoms with Gasteiger partial charge in [0.25, 0.3) is 0 Å². The average molecular weight is 530 g/mol. The van der Waals surface area contributed by atoms with Gasteiger partial charge in [0.1, 0.15) is 5.82 Å². The minimum absolute atomic E-state index is 0.188. The van der Waals surface area contributed by atoms with Gasteiger partial charge in [-0.3, -0.25) is 0 Å². The highest BCUT2D eigenvalue weighted by molar-refractivity contribution is 5.89. The fraction of sp³-hybridized carbons (Fsp3) is 0.593. The number of benzene rings is 1. The maximum atomic E-state index is 13.5. The summed E-state index contributed by atoms with van der Waals surface area (Å²) in [6.07, 6.45) is 1.11. The van der Waals surface area contributed by atoms with Gasteiger partial charge in [0, 0.05) is 25.7 Å². The lowest BCUT2D eigenvalue weighted by atomic mass is 9.83. The summed E-state index contributed by atoms with van der Waals surface area (Å²) < 4.78 is 41.8. The topological polar surface area (TPSA) is 82.3 Å². The second-order valence-corrected chi connectivity index (χ2v) is 11.5. The van der Waals surface area contributed by atoms with Crippen molar-refractivity contribution in [3.8, 4) is 5.69 Å². The standard InChI is InChI=1S/C27H34F3N7O/c1-26(2,38)18-8-12-36(13-9-18)23-21-15-31-37(20-5-3-4-19(14-20)27(28,29)30)24(21)34-25(33-23)32-22-16-35-10-6-17(22)7-11-35/h3-5,14-15,17-18,22,38H,6-13,16H2,1-2H3,(H,32,33,34)/t22-/m1/s1. The van der Waals surface area contributed by atoms with Crippen molar-refractivity contribution in [1.29, 1.82) is 0 Å². The van der Waals surface area contributed by atoms with E-state index in [1.807, 2.05) is 13.8 Å². The van der Waals surface area contributed by atoms with Crippen LogP contribution < -0.4 is 10.2 Å². The van der Waals surface area contributed by atoms with Crippen LogP contribution in [0.4, 0.5) is 24.9 Å². The summed E-state index contributed by atoms with van der Waals surface area (Å²) in [7, 11) is 0. The second-order valence-electron chi connectivity index (χ2n) is 11.5. The summed E-state index contributed by atoms with van der Waals surface area (Å²) >= 11 is 0.